The van der Waals surface area contributed by atoms with Crippen LogP contribution in [0.1, 0.15) is 71.6 Å². The predicted molar refractivity (Wildman–Crippen MR) is 92.2 cm³/mol. The monoisotopic (exact) mass is 332 g/mol. The molecule has 0 amide bonds. The standard InChI is InChI=1S/C21H32O3/c1-20-10-8-14(22)12-13(20)4-5-15-16-6-7-18(19(23)24-3)21(16,2)11-9-17(15)20/h13,15-18H,4-12H2,1-3H3/t13-,15+,16+,17+,18-,20+,21+/m1/s1. The number of esters is 1. The summed E-state index contributed by atoms with van der Waals surface area (Å²) >= 11 is 0. The van der Waals surface area contributed by atoms with Gasteiger partial charge in [0.1, 0.15) is 5.78 Å². The van der Waals surface area contributed by atoms with E-state index in [0.29, 0.717) is 23.0 Å². The second kappa shape index (κ2) is 5.57. The molecule has 3 nitrogen and oxygen atoms in total. The van der Waals surface area contributed by atoms with Gasteiger partial charge in [0.25, 0.3) is 0 Å². The van der Waals surface area contributed by atoms with Gasteiger partial charge in [-0.25, -0.2) is 0 Å². The van der Waals surface area contributed by atoms with Crippen molar-refractivity contribution in [3.63, 3.8) is 0 Å². The van der Waals surface area contributed by atoms with Gasteiger partial charge < -0.3 is 4.74 Å². The van der Waals surface area contributed by atoms with E-state index >= 15 is 0 Å². The van der Waals surface area contributed by atoms with Crippen molar-refractivity contribution in [3.05, 3.63) is 0 Å². The predicted octanol–water partition coefficient (Wildman–Crippen LogP) is 4.39. The first-order valence-corrected chi connectivity index (χ1v) is 9.99. The van der Waals surface area contributed by atoms with E-state index in [4.69, 9.17) is 4.74 Å². The Bertz CT molecular complexity index is 555. The first kappa shape index (κ1) is 16.6. The molecule has 134 valence electrons. The number of ketones is 1. The highest BCUT2D eigenvalue weighted by Gasteiger charge is 2.61. The zero-order chi connectivity index (χ0) is 17.1. The molecule has 0 aromatic heterocycles. The lowest BCUT2D eigenvalue weighted by molar-refractivity contribution is -0.157. The van der Waals surface area contributed by atoms with Crippen LogP contribution >= 0.6 is 0 Å². The summed E-state index contributed by atoms with van der Waals surface area (Å²) in [5.74, 6) is 3.42. The average Bonchev–Trinajstić information content (AvgIpc) is 2.92. The Morgan fingerprint density at radius 2 is 1.75 bits per heavy atom. The fourth-order valence-corrected chi connectivity index (χ4v) is 7.57. The van der Waals surface area contributed by atoms with Crippen LogP contribution in [0.3, 0.4) is 0 Å². The topological polar surface area (TPSA) is 43.4 Å². The van der Waals surface area contributed by atoms with E-state index in [-0.39, 0.29) is 17.3 Å². The van der Waals surface area contributed by atoms with Crippen LogP contribution in [0.5, 0.6) is 0 Å². The van der Waals surface area contributed by atoms with Crippen LogP contribution in [0, 0.1) is 40.4 Å². The summed E-state index contributed by atoms with van der Waals surface area (Å²) in [6, 6.07) is 0. The Morgan fingerprint density at radius 1 is 1.00 bits per heavy atom. The van der Waals surface area contributed by atoms with Gasteiger partial charge in [-0.15, -0.1) is 0 Å². The summed E-state index contributed by atoms with van der Waals surface area (Å²) in [4.78, 5) is 24.3. The molecule has 24 heavy (non-hydrogen) atoms. The van der Waals surface area contributed by atoms with Gasteiger partial charge in [0.2, 0.25) is 0 Å². The first-order valence-electron chi connectivity index (χ1n) is 9.99. The molecular weight excluding hydrogens is 300 g/mol. The van der Waals surface area contributed by atoms with Crippen molar-refractivity contribution in [2.45, 2.75) is 71.6 Å². The van der Waals surface area contributed by atoms with Crippen molar-refractivity contribution in [1.29, 1.82) is 0 Å². The molecule has 4 aliphatic carbocycles. The molecule has 0 radical (unpaired) electrons. The molecule has 0 saturated heterocycles. The van der Waals surface area contributed by atoms with E-state index in [2.05, 4.69) is 13.8 Å². The lowest BCUT2D eigenvalue weighted by Gasteiger charge is -2.60. The Hall–Kier alpha value is -0.860. The summed E-state index contributed by atoms with van der Waals surface area (Å²) in [7, 11) is 1.54. The van der Waals surface area contributed by atoms with Crippen molar-refractivity contribution in [2.75, 3.05) is 7.11 Å². The van der Waals surface area contributed by atoms with E-state index in [0.717, 1.165) is 43.9 Å². The lowest BCUT2D eigenvalue weighted by Crippen LogP contribution is -2.54. The largest absolute Gasteiger partial charge is 0.469 e. The van der Waals surface area contributed by atoms with Crippen LogP contribution in [-0.2, 0) is 14.3 Å². The van der Waals surface area contributed by atoms with Crippen molar-refractivity contribution >= 4 is 11.8 Å². The number of methoxy groups -OCH3 is 1. The SMILES string of the molecule is COC(=O)[C@H]1CC[C@H]2[C@@H]3CC[C@@H]4CC(=O)CC[C@]4(C)[C@H]3CC[C@]12C. The number of carbonyl (C=O) groups excluding carboxylic acids is 2. The van der Waals surface area contributed by atoms with Crippen molar-refractivity contribution in [2.24, 2.45) is 40.4 Å². The molecule has 0 bridgehead atoms. The second-order valence-corrected chi connectivity index (χ2v) is 9.60. The van der Waals surface area contributed by atoms with Crippen molar-refractivity contribution in [3.8, 4) is 0 Å². The fraction of sp³-hybridized carbons (Fsp3) is 0.905. The first-order chi connectivity index (χ1) is 11.4. The minimum atomic E-state index is 0.0154. The van der Waals surface area contributed by atoms with E-state index in [1.54, 1.807) is 0 Å². The molecule has 4 aliphatic rings. The molecule has 7 atom stereocenters. The molecule has 0 N–H and O–H groups in total. The number of hydrogen-bond acceptors (Lipinski definition) is 3. The summed E-state index contributed by atoms with van der Waals surface area (Å²) in [6.07, 6.45) is 9.82. The van der Waals surface area contributed by atoms with E-state index in [1.807, 2.05) is 0 Å². The molecule has 4 saturated carbocycles. The lowest BCUT2D eigenvalue weighted by atomic mass is 9.45. The number of Topliss-reactive ketones (excluding diaryl/α,β-unsaturated/α-hetero) is 1. The van der Waals surface area contributed by atoms with Gasteiger partial charge in [-0.2, -0.15) is 0 Å². The van der Waals surface area contributed by atoms with E-state index in [1.165, 1.54) is 32.8 Å². The smallest absolute Gasteiger partial charge is 0.309 e. The maximum Gasteiger partial charge on any atom is 0.309 e. The van der Waals surface area contributed by atoms with E-state index < -0.39 is 0 Å². The molecule has 0 aromatic carbocycles. The number of rotatable bonds is 1. The molecule has 4 rings (SSSR count). The van der Waals surface area contributed by atoms with Crippen LogP contribution < -0.4 is 0 Å². The molecule has 0 unspecified atom stereocenters. The molecule has 0 spiro atoms. The maximum atomic E-state index is 12.3. The molecule has 0 aromatic rings. The van der Waals surface area contributed by atoms with Gasteiger partial charge in [0, 0.05) is 12.8 Å². The normalized spacial score (nSPS) is 50.6. The Kier molecular flexibility index (Phi) is 3.85. The Labute approximate surface area is 145 Å². The van der Waals surface area contributed by atoms with Gasteiger partial charge in [0.05, 0.1) is 13.0 Å². The molecule has 3 heteroatoms. The minimum Gasteiger partial charge on any atom is -0.469 e. The number of carbonyl (C=O) groups is 2. The van der Waals surface area contributed by atoms with Gasteiger partial charge in [-0.05, 0) is 79.4 Å². The van der Waals surface area contributed by atoms with Crippen LogP contribution in [0.25, 0.3) is 0 Å². The van der Waals surface area contributed by atoms with E-state index in [9.17, 15) is 9.59 Å². The summed E-state index contributed by atoms with van der Waals surface area (Å²) in [5.41, 5.74) is 0.503. The summed E-state index contributed by atoms with van der Waals surface area (Å²) < 4.78 is 5.13. The third kappa shape index (κ3) is 2.15. The average molecular weight is 332 g/mol. The summed E-state index contributed by atoms with van der Waals surface area (Å²) in [6.45, 7) is 4.84. The molecule has 4 fully saturated rings. The zero-order valence-electron chi connectivity index (χ0n) is 15.5. The van der Waals surface area contributed by atoms with Crippen LogP contribution in [0.15, 0.2) is 0 Å². The quantitative estimate of drug-likeness (QED) is 0.669. The van der Waals surface area contributed by atoms with Gasteiger partial charge in [-0.1, -0.05) is 13.8 Å². The van der Waals surface area contributed by atoms with Crippen molar-refractivity contribution in [1.82, 2.24) is 0 Å². The fourth-order valence-electron chi connectivity index (χ4n) is 7.57. The summed E-state index contributed by atoms with van der Waals surface area (Å²) in [5, 5.41) is 0. The zero-order valence-corrected chi connectivity index (χ0v) is 15.5. The number of hydrogen-bond donors (Lipinski definition) is 0. The van der Waals surface area contributed by atoms with Crippen molar-refractivity contribution < 1.29 is 14.3 Å². The highest BCUT2D eigenvalue weighted by Crippen LogP contribution is 2.67. The van der Waals surface area contributed by atoms with Gasteiger partial charge in [0.15, 0.2) is 0 Å². The Morgan fingerprint density at radius 3 is 2.50 bits per heavy atom. The number of ether oxygens (including phenoxy) is 1. The molecule has 0 aliphatic heterocycles. The third-order valence-corrected chi connectivity index (χ3v) is 8.97. The highest BCUT2D eigenvalue weighted by molar-refractivity contribution is 5.79. The van der Waals surface area contributed by atoms with Crippen LogP contribution in [-0.4, -0.2) is 18.9 Å². The minimum absolute atomic E-state index is 0.0154. The Balaban J connectivity index is 1.61. The second-order valence-electron chi connectivity index (χ2n) is 9.60. The highest BCUT2D eigenvalue weighted by atomic mass is 16.5. The van der Waals surface area contributed by atoms with Crippen LogP contribution in [0.4, 0.5) is 0 Å². The molecule has 0 heterocycles. The maximum absolute atomic E-state index is 12.3. The van der Waals surface area contributed by atoms with Crippen LogP contribution in [0.2, 0.25) is 0 Å². The van der Waals surface area contributed by atoms with Gasteiger partial charge in [-0.3, -0.25) is 9.59 Å². The number of fused-ring (bicyclic) bond motifs is 5. The van der Waals surface area contributed by atoms with Gasteiger partial charge >= 0.3 is 5.97 Å². The molecular formula is C21H32O3. The third-order valence-electron chi connectivity index (χ3n) is 8.97.